The summed E-state index contributed by atoms with van der Waals surface area (Å²) >= 11 is 0. The maximum Gasteiger partial charge on any atom is 0.291 e. The third kappa shape index (κ3) is 5.75. The largest absolute Gasteiger partial charge is 0.366 e. The van der Waals surface area contributed by atoms with Crippen LogP contribution in [0.5, 0.6) is 0 Å². The Labute approximate surface area is 215 Å². The molecule has 188 valence electrons. The summed E-state index contributed by atoms with van der Waals surface area (Å²) in [5.74, 6) is -0.724. The molecule has 0 aliphatic carbocycles. The molecule has 0 spiro atoms. The zero-order valence-electron chi connectivity index (χ0n) is 21.2. The highest BCUT2D eigenvalue weighted by Gasteiger charge is 2.16. The van der Waals surface area contributed by atoms with Crippen molar-refractivity contribution in [2.24, 2.45) is 5.73 Å². The first-order valence-corrected chi connectivity index (χ1v) is 11.8. The molecule has 5 N–H and O–H groups in total. The van der Waals surface area contributed by atoms with E-state index in [1.165, 1.54) is 6.20 Å². The molecule has 1 heterocycles. The highest BCUT2D eigenvalue weighted by molar-refractivity contribution is 6.05. The summed E-state index contributed by atoms with van der Waals surface area (Å²) in [4.78, 5) is 44.1. The lowest BCUT2D eigenvalue weighted by Crippen LogP contribution is -2.16. The van der Waals surface area contributed by atoms with E-state index in [-0.39, 0.29) is 17.1 Å². The summed E-state index contributed by atoms with van der Waals surface area (Å²) in [6, 6.07) is 19.6. The van der Waals surface area contributed by atoms with E-state index >= 15 is 0 Å². The number of anilines is 3. The maximum atomic E-state index is 12.9. The van der Waals surface area contributed by atoms with Gasteiger partial charge in [0, 0.05) is 34.3 Å². The van der Waals surface area contributed by atoms with Gasteiger partial charge in [0.2, 0.25) is 5.91 Å². The third-order valence-electron chi connectivity index (χ3n) is 6.07. The summed E-state index contributed by atoms with van der Waals surface area (Å²) in [5, 5.41) is 5.93. The average Bonchev–Trinajstić information content (AvgIpc) is 2.86. The highest BCUT2D eigenvalue weighted by atomic mass is 16.2. The lowest BCUT2D eigenvalue weighted by atomic mass is 9.86. The Balaban J connectivity index is 1.60. The molecule has 0 bridgehead atoms. The van der Waals surface area contributed by atoms with Crippen LogP contribution in [0.2, 0.25) is 0 Å². The summed E-state index contributed by atoms with van der Waals surface area (Å²) in [7, 11) is 0. The number of aromatic nitrogens is 2. The van der Waals surface area contributed by atoms with Gasteiger partial charge in [0.1, 0.15) is 0 Å². The van der Waals surface area contributed by atoms with Crippen molar-refractivity contribution < 1.29 is 9.59 Å². The molecular weight excluding hydrogens is 466 g/mol. The molecule has 0 fully saturated rings. The zero-order valence-corrected chi connectivity index (χ0v) is 21.2. The van der Waals surface area contributed by atoms with E-state index in [1.54, 1.807) is 24.3 Å². The summed E-state index contributed by atoms with van der Waals surface area (Å²) in [6.45, 7) is 8.26. The molecule has 0 atom stereocenters. The SMILES string of the molecule is Cc1c(NC(=O)c2ccc(C(C)(C)C)cc2)cccc1-c1c[nH]c(=O)c(Nc2cccc(C(N)=O)c2)n1. The Kier molecular flexibility index (Phi) is 6.93. The number of primary amides is 1. The second-order valence-electron chi connectivity index (χ2n) is 9.79. The predicted octanol–water partition coefficient (Wildman–Crippen LogP) is 5.14. The van der Waals surface area contributed by atoms with Gasteiger partial charge in [-0.05, 0) is 59.9 Å². The quantitative estimate of drug-likeness (QED) is 0.294. The van der Waals surface area contributed by atoms with Crippen LogP contribution in [0.4, 0.5) is 17.2 Å². The van der Waals surface area contributed by atoms with E-state index in [2.05, 4.69) is 41.4 Å². The number of hydrogen-bond donors (Lipinski definition) is 4. The molecule has 0 saturated heterocycles. The van der Waals surface area contributed by atoms with Gasteiger partial charge in [-0.3, -0.25) is 14.4 Å². The molecule has 0 aliphatic rings. The van der Waals surface area contributed by atoms with Crippen LogP contribution >= 0.6 is 0 Å². The normalized spacial score (nSPS) is 11.1. The van der Waals surface area contributed by atoms with E-state index in [4.69, 9.17) is 5.73 Å². The molecule has 8 nitrogen and oxygen atoms in total. The molecule has 2 amide bonds. The van der Waals surface area contributed by atoms with Crippen LogP contribution in [0.25, 0.3) is 11.3 Å². The number of rotatable bonds is 6. The molecule has 0 unspecified atom stereocenters. The van der Waals surface area contributed by atoms with Gasteiger partial charge in [-0.25, -0.2) is 4.98 Å². The van der Waals surface area contributed by atoms with Gasteiger partial charge in [-0.1, -0.05) is 51.1 Å². The van der Waals surface area contributed by atoms with Crippen molar-refractivity contribution in [1.82, 2.24) is 9.97 Å². The van der Waals surface area contributed by atoms with Crippen molar-refractivity contribution in [2.75, 3.05) is 10.6 Å². The van der Waals surface area contributed by atoms with Crippen LogP contribution in [0.15, 0.2) is 77.7 Å². The number of hydrogen-bond acceptors (Lipinski definition) is 5. The van der Waals surface area contributed by atoms with Crippen molar-refractivity contribution in [3.63, 3.8) is 0 Å². The fraction of sp³-hybridized carbons (Fsp3) is 0.172. The number of carbonyl (C=O) groups is 2. The number of benzene rings is 3. The minimum absolute atomic E-state index is 0.00192. The van der Waals surface area contributed by atoms with E-state index in [9.17, 15) is 14.4 Å². The Hall–Kier alpha value is -4.72. The molecule has 0 radical (unpaired) electrons. The fourth-order valence-electron chi connectivity index (χ4n) is 3.88. The highest BCUT2D eigenvalue weighted by Crippen LogP contribution is 2.28. The maximum absolute atomic E-state index is 12.9. The summed E-state index contributed by atoms with van der Waals surface area (Å²) in [6.07, 6.45) is 1.52. The number of nitrogens with two attached hydrogens (primary N) is 1. The Bertz CT molecular complexity index is 1530. The van der Waals surface area contributed by atoms with E-state index in [1.807, 2.05) is 49.4 Å². The number of nitrogens with one attached hydrogen (secondary N) is 3. The van der Waals surface area contributed by atoms with Gasteiger partial charge in [0.05, 0.1) is 5.69 Å². The number of H-pyrrole nitrogens is 1. The number of nitrogens with zero attached hydrogens (tertiary/aromatic N) is 1. The number of aromatic amines is 1. The van der Waals surface area contributed by atoms with Gasteiger partial charge in [-0.2, -0.15) is 0 Å². The first-order valence-electron chi connectivity index (χ1n) is 11.8. The van der Waals surface area contributed by atoms with Crippen LogP contribution in [0.3, 0.4) is 0 Å². The lowest BCUT2D eigenvalue weighted by molar-refractivity contribution is 0.0997. The predicted molar refractivity (Wildman–Crippen MR) is 146 cm³/mol. The van der Waals surface area contributed by atoms with Crippen LogP contribution in [-0.4, -0.2) is 21.8 Å². The Morgan fingerprint density at radius 3 is 2.32 bits per heavy atom. The fourth-order valence-corrected chi connectivity index (χ4v) is 3.88. The molecular formula is C29H29N5O3. The second-order valence-corrected chi connectivity index (χ2v) is 9.79. The van der Waals surface area contributed by atoms with Gasteiger partial charge < -0.3 is 21.4 Å². The molecule has 0 saturated carbocycles. The van der Waals surface area contributed by atoms with Gasteiger partial charge in [0.25, 0.3) is 11.5 Å². The van der Waals surface area contributed by atoms with E-state index in [0.29, 0.717) is 28.2 Å². The number of amides is 2. The number of carbonyl (C=O) groups excluding carboxylic acids is 2. The van der Waals surface area contributed by atoms with Crippen molar-refractivity contribution in [1.29, 1.82) is 0 Å². The van der Waals surface area contributed by atoms with E-state index in [0.717, 1.165) is 16.7 Å². The summed E-state index contributed by atoms with van der Waals surface area (Å²) in [5.41, 5.74) is 10.1. The third-order valence-corrected chi connectivity index (χ3v) is 6.07. The molecule has 4 rings (SSSR count). The lowest BCUT2D eigenvalue weighted by Gasteiger charge is -2.19. The first-order chi connectivity index (χ1) is 17.5. The molecule has 37 heavy (non-hydrogen) atoms. The first kappa shape index (κ1) is 25.4. The zero-order chi connectivity index (χ0) is 26.7. The molecule has 1 aromatic heterocycles. The summed E-state index contributed by atoms with van der Waals surface area (Å²) < 4.78 is 0. The van der Waals surface area contributed by atoms with Crippen molar-refractivity contribution in [3.8, 4) is 11.3 Å². The van der Waals surface area contributed by atoms with Crippen LogP contribution in [-0.2, 0) is 5.41 Å². The molecule has 8 heteroatoms. The molecule has 4 aromatic rings. The van der Waals surface area contributed by atoms with Crippen LogP contribution in [0, 0.1) is 6.92 Å². The average molecular weight is 496 g/mol. The smallest absolute Gasteiger partial charge is 0.291 e. The monoisotopic (exact) mass is 495 g/mol. The minimum atomic E-state index is -0.570. The van der Waals surface area contributed by atoms with Crippen molar-refractivity contribution in [3.05, 3.63) is 106 Å². The van der Waals surface area contributed by atoms with Crippen LogP contribution in [0.1, 0.15) is 52.6 Å². The molecule has 3 aromatic carbocycles. The molecule has 0 aliphatic heterocycles. The van der Waals surface area contributed by atoms with Gasteiger partial charge in [0.15, 0.2) is 5.82 Å². The minimum Gasteiger partial charge on any atom is -0.366 e. The van der Waals surface area contributed by atoms with Gasteiger partial charge in [-0.15, -0.1) is 0 Å². The van der Waals surface area contributed by atoms with Crippen molar-refractivity contribution >= 4 is 29.0 Å². The Morgan fingerprint density at radius 2 is 1.65 bits per heavy atom. The van der Waals surface area contributed by atoms with Crippen LogP contribution < -0.4 is 21.9 Å². The van der Waals surface area contributed by atoms with Gasteiger partial charge >= 0.3 is 0 Å². The topological polar surface area (TPSA) is 130 Å². The second kappa shape index (κ2) is 10.1. The van der Waals surface area contributed by atoms with Crippen molar-refractivity contribution in [2.45, 2.75) is 33.1 Å². The Morgan fingerprint density at radius 1 is 0.946 bits per heavy atom. The van der Waals surface area contributed by atoms with E-state index < -0.39 is 11.5 Å². The standard InChI is InChI=1S/C29H29N5O3/c1-17-22(9-6-10-23(17)34-27(36)18-11-13-20(14-12-18)29(2,3)4)24-16-31-28(37)26(33-24)32-21-8-5-7-19(15-21)25(30)35/h5-16H,1-4H3,(H2,30,35)(H,31,37)(H,32,33)(H,34,36).